The molecule has 7 nitrogen and oxygen atoms in total. The third-order valence-corrected chi connectivity index (χ3v) is 5.80. The van der Waals surface area contributed by atoms with Crippen LogP contribution in [0.3, 0.4) is 0 Å². The first-order chi connectivity index (χ1) is 13.2. The van der Waals surface area contributed by atoms with Crippen molar-refractivity contribution in [2.45, 2.75) is 64.1 Å². The van der Waals surface area contributed by atoms with Gasteiger partial charge in [0.2, 0.25) is 0 Å². The standard InChI is InChI=1S/C20H27N7/c1-14(2)27-19-17(10-23-27)8-15(9-21-19)11-25-7-3-4-16(12-25)20-24-22-13-26(20)18-5-6-18/h8-10,13-14,16,18H,3-7,11-12H2,1-2H3. The van der Waals surface area contributed by atoms with Gasteiger partial charge < -0.3 is 4.57 Å². The van der Waals surface area contributed by atoms with Gasteiger partial charge in [0.05, 0.1) is 6.20 Å². The van der Waals surface area contributed by atoms with Crippen molar-refractivity contribution in [3.63, 3.8) is 0 Å². The van der Waals surface area contributed by atoms with Gasteiger partial charge in [0, 0.05) is 42.7 Å². The SMILES string of the molecule is CC(C)n1ncc2cc(CN3CCCC(c4nncn4C4CC4)C3)cnc21. The Labute approximate surface area is 159 Å². The van der Waals surface area contributed by atoms with Crippen LogP contribution in [0, 0.1) is 0 Å². The van der Waals surface area contributed by atoms with E-state index in [2.05, 4.69) is 49.7 Å². The Bertz CT molecular complexity index is 937. The van der Waals surface area contributed by atoms with E-state index in [1.807, 2.05) is 23.4 Å². The summed E-state index contributed by atoms with van der Waals surface area (Å²) < 4.78 is 4.31. The maximum atomic E-state index is 4.69. The number of piperidine rings is 1. The summed E-state index contributed by atoms with van der Waals surface area (Å²) in [6.45, 7) is 7.39. The Morgan fingerprint density at radius 1 is 1.19 bits per heavy atom. The molecule has 1 aliphatic heterocycles. The zero-order valence-electron chi connectivity index (χ0n) is 16.1. The van der Waals surface area contributed by atoms with Crippen molar-refractivity contribution >= 4 is 11.0 Å². The molecule has 3 aromatic rings. The average molecular weight is 365 g/mol. The highest BCUT2D eigenvalue weighted by atomic mass is 15.3. The van der Waals surface area contributed by atoms with Gasteiger partial charge in [-0.2, -0.15) is 5.10 Å². The molecule has 0 aromatic carbocycles. The lowest BCUT2D eigenvalue weighted by Crippen LogP contribution is -2.35. The molecule has 2 fully saturated rings. The highest BCUT2D eigenvalue weighted by molar-refractivity contribution is 5.75. The summed E-state index contributed by atoms with van der Waals surface area (Å²) in [6, 6.07) is 3.21. The molecule has 1 saturated carbocycles. The summed E-state index contributed by atoms with van der Waals surface area (Å²) in [5.74, 6) is 1.68. The fraction of sp³-hybridized carbons (Fsp3) is 0.600. The monoisotopic (exact) mass is 365 g/mol. The van der Waals surface area contributed by atoms with Gasteiger partial charge in [-0.1, -0.05) is 0 Å². The first kappa shape index (κ1) is 16.9. The zero-order chi connectivity index (χ0) is 18.4. The van der Waals surface area contributed by atoms with Gasteiger partial charge in [-0.3, -0.25) is 4.90 Å². The molecule has 1 aliphatic carbocycles. The Morgan fingerprint density at radius 3 is 2.89 bits per heavy atom. The van der Waals surface area contributed by atoms with Crippen molar-refractivity contribution in [2.24, 2.45) is 0 Å². The molecular formula is C20H27N7. The minimum absolute atomic E-state index is 0.326. The summed E-state index contributed by atoms with van der Waals surface area (Å²) in [5.41, 5.74) is 2.23. The van der Waals surface area contributed by atoms with Gasteiger partial charge in [-0.05, 0) is 57.7 Å². The molecule has 27 heavy (non-hydrogen) atoms. The van der Waals surface area contributed by atoms with Crippen LogP contribution in [0.4, 0.5) is 0 Å². The van der Waals surface area contributed by atoms with E-state index in [0.29, 0.717) is 18.0 Å². The smallest absolute Gasteiger partial charge is 0.157 e. The quantitative estimate of drug-likeness (QED) is 0.694. The Kier molecular flexibility index (Phi) is 4.19. The number of hydrogen-bond acceptors (Lipinski definition) is 5. The number of aromatic nitrogens is 6. The topological polar surface area (TPSA) is 64.7 Å². The number of nitrogens with zero attached hydrogens (tertiary/aromatic N) is 7. The van der Waals surface area contributed by atoms with Crippen LogP contribution >= 0.6 is 0 Å². The van der Waals surface area contributed by atoms with Gasteiger partial charge >= 0.3 is 0 Å². The fourth-order valence-corrected chi connectivity index (χ4v) is 4.30. The molecular weight excluding hydrogens is 338 g/mol. The highest BCUT2D eigenvalue weighted by Gasteiger charge is 2.31. The lowest BCUT2D eigenvalue weighted by Gasteiger charge is -2.32. The lowest BCUT2D eigenvalue weighted by molar-refractivity contribution is 0.194. The van der Waals surface area contributed by atoms with Crippen LogP contribution in [0.25, 0.3) is 11.0 Å². The number of rotatable bonds is 5. The zero-order valence-corrected chi connectivity index (χ0v) is 16.1. The first-order valence-corrected chi connectivity index (χ1v) is 10.1. The second-order valence-corrected chi connectivity index (χ2v) is 8.34. The van der Waals surface area contributed by atoms with Gasteiger partial charge in [0.1, 0.15) is 12.2 Å². The van der Waals surface area contributed by atoms with E-state index in [4.69, 9.17) is 0 Å². The molecule has 1 saturated heterocycles. The molecule has 0 bridgehead atoms. The van der Waals surface area contributed by atoms with Crippen LogP contribution in [0.1, 0.15) is 68.9 Å². The van der Waals surface area contributed by atoms with Crippen molar-refractivity contribution in [1.29, 1.82) is 0 Å². The summed E-state index contributed by atoms with van der Waals surface area (Å²) in [4.78, 5) is 7.23. The highest BCUT2D eigenvalue weighted by Crippen LogP contribution is 2.38. The van der Waals surface area contributed by atoms with Crippen molar-refractivity contribution in [2.75, 3.05) is 13.1 Å². The third kappa shape index (κ3) is 3.25. The van der Waals surface area contributed by atoms with Crippen LogP contribution in [0.5, 0.6) is 0 Å². The Balaban J connectivity index is 1.31. The molecule has 5 rings (SSSR count). The van der Waals surface area contributed by atoms with Gasteiger partial charge in [-0.15, -0.1) is 10.2 Å². The molecule has 4 heterocycles. The Hall–Kier alpha value is -2.28. The number of hydrogen-bond donors (Lipinski definition) is 0. The molecule has 142 valence electrons. The molecule has 0 amide bonds. The van der Waals surface area contributed by atoms with Crippen LogP contribution < -0.4 is 0 Å². The first-order valence-electron chi connectivity index (χ1n) is 10.1. The summed E-state index contributed by atoms with van der Waals surface area (Å²) in [7, 11) is 0. The number of pyridine rings is 1. The lowest BCUT2D eigenvalue weighted by atomic mass is 9.96. The molecule has 1 atom stereocenters. The Morgan fingerprint density at radius 2 is 2.07 bits per heavy atom. The van der Waals surface area contributed by atoms with E-state index >= 15 is 0 Å². The van der Waals surface area contributed by atoms with Gasteiger partial charge in [-0.25, -0.2) is 9.67 Å². The van der Waals surface area contributed by atoms with E-state index in [0.717, 1.165) is 30.7 Å². The molecule has 7 heteroatoms. The van der Waals surface area contributed by atoms with E-state index < -0.39 is 0 Å². The molecule has 0 radical (unpaired) electrons. The van der Waals surface area contributed by atoms with Crippen LogP contribution in [0.2, 0.25) is 0 Å². The third-order valence-electron chi connectivity index (χ3n) is 5.80. The van der Waals surface area contributed by atoms with E-state index in [9.17, 15) is 0 Å². The van der Waals surface area contributed by atoms with Crippen LogP contribution in [-0.4, -0.2) is 47.5 Å². The fourth-order valence-electron chi connectivity index (χ4n) is 4.30. The normalized spacial score (nSPS) is 21.4. The minimum atomic E-state index is 0.326. The number of likely N-dealkylation sites (tertiary alicyclic amines) is 1. The predicted molar refractivity (Wildman–Crippen MR) is 103 cm³/mol. The maximum Gasteiger partial charge on any atom is 0.157 e. The van der Waals surface area contributed by atoms with Gasteiger partial charge in [0.25, 0.3) is 0 Å². The van der Waals surface area contributed by atoms with E-state index in [1.54, 1.807) is 0 Å². The number of fused-ring (bicyclic) bond motifs is 1. The second kappa shape index (κ2) is 6.71. The summed E-state index contributed by atoms with van der Waals surface area (Å²) in [6.07, 6.45) is 10.8. The average Bonchev–Trinajstić information content (AvgIpc) is 3.23. The minimum Gasteiger partial charge on any atom is -0.314 e. The predicted octanol–water partition coefficient (Wildman–Crippen LogP) is 3.32. The molecule has 1 unspecified atom stereocenters. The van der Waals surface area contributed by atoms with Crippen LogP contribution in [0.15, 0.2) is 24.8 Å². The maximum absolute atomic E-state index is 4.69. The summed E-state index contributed by atoms with van der Waals surface area (Å²) >= 11 is 0. The van der Waals surface area contributed by atoms with Crippen LogP contribution in [-0.2, 0) is 6.54 Å². The second-order valence-electron chi connectivity index (χ2n) is 8.34. The molecule has 3 aromatic heterocycles. The van der Waals surface area contributed by atoms with Crippen molar-refractivity contribution in [3.8, 4) is 0 Å². The molecule has 0 N–H and O–H groups in total. The van der Waals surface area contributed by atoms with E-state index in [1.165, 1.54) is 37.1 Å². The molecule has 2 aliphatic rings. The summed E-state index contributed by atoms with van der Waals surface area (Å²) in [5, 5.41) is 14.3. The van der Waals surface area contributed by atoms with Gasteiger partial charge in [0.15, 0.2) is 5.65 Å². The largest absolute Gasteiger partial charge is 0.314 e. The molecule has 0 spiro atoms. The van der Waals surface area contributed by atoms with Crippen molar-refractivity contribution in [3.05, 3.63) is 36.2 Å². The van der Waals surface area contributed by atoms with Crippen molar-refractivity contribution in [1.82, 2.24) is 34.4 Å². The van der Waals surface area contributed by atoms with Crippen molar-refractivity contribution < 1.29 is 0 Å². The van der Waals surface area contributed by atoms with E-state index in [-0.39, 0.29) is 0 Å².